The van der Waals surface area contributed by atoms with Crippen molar-refractivity contribution in [3.05, 3.63) is 71.8 Å². The van der Waals surface area contributed by atoms with Crippen LogP contribution in [0.5, 0.6) is 6.01 Å². The number of piperidine rings is 1. The summed E-state index contributed by atoms with van der Waals surface area (Å²) >= 11 is 0. The van der Waals surface area contributed by atoms with Crippen molar-refractivity contribution in [3.63, 3.8) is 0 Å². The second-order valence-electron chi connectivity index (χ2n) is 9.47. The number of halogens is 1. The molecule has 0 unspecified atom stereocenters. The topological polar surface area (TPSA) is 116 Å². The molecule has 2 aromatic carbocycles. The lowest BCUT2D eigenvalue weighted by Gasteiger charge is -2.29. The van der Waals surface area contributed by atoms with Crippen molar-refractivity contribution in [2.75, 3.05) is 26.7 Å². The Bertz CT molecular complexity index is 1510. The zero-order valence-corrected chi connectivity index (χ0v) is 20.9. The summed E-state index contributed by atoms with van der Waals surface area (Å²) in [5, 5.41) is 20.3. The SMILES string of the molecule is CN1CCC[C@@H](COc2nc(-c3ccc(C#N)cc3)c(-c3ccc(CNC(=O)O)c(F)c3)c3nccn23)C1. The molecule has 0 spiro atoms. The van der Waals surface area contributed by atoms with Gasteiger partial charge in [-0.25, -0.2) is 14.2 Å². The summed E-state index contributed by atoms with van der Waals surface area (Å²) in [7, 11) is 2.11. The van der Waals surface area contributed by atoms with Crippen molar-refractivity contribution >= 4 is 11.7 Å². The highest BCUT2D eigenvalue weighted by atomic mass is 19.1. The van der Waals surface area contributed by atoms with E-state index in [1.165, 1.54) is 6.07 Å². The zero-order valence-electron chi connectivity index (χ0n) is 20.9. The average molecular weight is 515 g/mol. The lowest BCUT2D eigenvalue weighted by molar-refractivity contribution is 0.143. The van der Waals surface area contributed by atoms with Crippen LogP contribution in [-0.4, -0.2) is 57.2 Å². The van der Waals surface area contributed by atoms with Crippen LogP contribution in [0.25, 0.3) is 28.0 Å². The van der Waals surface area contributed by atoms with Gasteiger partial charge in [-0.15, -0.1) is 0 Å². The van der Waals surface area contributed by atoms with Gasteiger partial charge in [-0.1, -0.05) is 24.3 Å². The summed E-state index contributed by atoms with van der Waals surface area (Å²) < 4.78 is 23.0. The molecule has 9 nitrogen and oxygen atoms in total. The third kappa shape index (κ3) is 5.28. The number of carboxylic acid groups (broad SMARTS) is 1. The summed E-state index contributed by atoms with van der Waals surface area (Å²) in [4.78, 5) is 22.6. The maximum atomic E-state index is 15.0. The maximum Gasteiger partial charge on any atom is 0.404 e. The molecule has 38 heavy (non-hydrogen) atoms. The van der Waals surface area contributed by atoms with Gasteiger partial charge < -0.3 is 20.1 Å². The first kappa shape index (κ1) is 25.2. The molecular formula is C28H27FN6O3. The predicted octanol–water partition coefficient (Wildman–Crippen LogP) is 4.56. The normalized spacial score (nSPS) is 15.8. The molecule has 1 fully saturated rings. The highest BCUT2D eigenvalue weighted by molar-refractivity contribution is 5.90. The summed E-state index contributed by atoms with van der Waals surface area (Å²) in [5.74, 6) is -0.165. The first-order valence-corrected chi connectivity index (χ1v) is 12.4. The van der Waals surface area contributed by atoms with Gasteiger partial charge in [0.25, 0.3) is 0 Å². The van der Waals surface area contributed by atoms with Gasteiger partial charge in [0.1, 0.15) is 5.82 Å². The van der Waals surface area contributed by atoms with E-state index >= 15 is 4.39 Å². The largest absolute Gasteiger partial charge is 0.465 e. The molecule has 0 radical (unpaired) electrons. The van der Waals surface area contributed by atoms with Crippen LogP contribution in [0.4, 0.5) is 9.18 Å². The number of nitrogens with zero attached hydrogens (tertiary/aromatic N) is 5. The van der Waals surface area contributed by atoms with Crippen molar-refractivity contribution in [3.8, 4) is 34.5 Å². The van der Waals surface area contributed by atoms with Gasteiger partial charge in [0.05, 0.1) is 29.5 Å². The number of hydrogen-bond donors (Lipinski definition) is 2. The third-order valence-corrected chi connectivity index (χ3v) is 6.74. The number of nitriles is 1. The van der Waals surface area contributed by atoms with Crippen molar-refractivity contribution in [1.29, 1.82) is 5.26 Å². The molecule has 1 amide bonds. The Hall–Kier alpha value is -4.49. The quantitative estimate of drug-likeness (QED) is 0.371. The van der Waals surface area contributed by atoms with Crippen LogP contribution in [0.2, 0.25) is 0 Å². The van der Waals surface area contributed by atoms with Crippen LogP contribution in [0.3, 0.4) is 0 Å². The molecule has 1 atom stereocenters. The van der Waals surface area contributed by atoms with Gasteiger partial charge in [0.2, 0.25) is 0 Å². The number of carbonyl (C=O) groups is 1. The number of imidazole rings is 1. The molecular weight excluding hydrogens is 487 g/mol. The Balaban J connectivity index is 1.59. The number of ether oxygens (including phenoxy) is 1. The highest BCUT2D eigenvalue weighted by Gasteiger charge is 2.22. The van der Waals surface area contributed by atoms with Crippen LogP contribution >= 0.6 is 0 Å². The molecule has 194 valence electrons. The maximum absolute atomic E-state index is 15.0. The molecule has 5 rings (SSSR count). The molecule has 4 aromatic rings. The van der Waals surface area contributed by atoms with Crippen LogP contribution in [0.15, 0.2) is 54.9 Å². The predicted molar refractivity (Wildman–Crippen MR) is 139 cm³/mol. The van der Waals surface area contributed by atoms with E-state index in [4.69, 9.17) is 14.8 Å². The Morgan fingerprint density at radius 1 is 1.26 bits per heavy atom. The van der Waals surface area contributed by atoms with E-state index in [-0.39, 0.29) is 12.1 Å². The number of hydrogen-bond acceptors (Lipinski definition) is 6. The average Bonchev–Trinajstić information content (AvgIpc) is 3.41. The molecule has 10 heteroatoms. The van der Waals surface area contributed by atoms with Gasteiger partial charge in [-0.2, -0.15) is 10.2 Å². The fourth-order valence-electron chi connectivity index (χ4n) is 4.85. The van der Waals surface area contributed by atoms with Crippen LogP contribution in [0.1, 0.15) is 24.0 Å². The van der Waals surface area contributed by atoms with Crippen molar-refractivity contribution in [2.45, 2.75) is 19.4 Å². The first-order chi connectivity index (χ1) is 18.4. The van der Waals surface area contributed by atoms with Gasteiger partial charge in [-0.05, 0) is 50.2 Å². The van der Waals surface area contributed by atoms with E-state index in [9.17, 15) is 10.1 Å². The number of benzene rings is 2. The summed E-state index contributed by atoms with van der Waals surface area (Å²) in [6.07, 6.45) is 4.39. The number of nitrogens with one attached hydrogen (secondary N) is 1. The molecule has 2 aromatic heterocycles. The molecule has 3 heterocycles. The van der Waals surface area contributed by atoms with Crippen LogP contribution < -0.4 is 10.1 Å². The molecule has 0 saturated carbocycles. The minimum atomic E-state index is -1.23. The van der Waals surface area contributed by atoms with Gasteiger partial charge >= 0.3 is 12.1 Å². The summed E-state index contributed by atoms with van der Waals surface area (Å²) in [6, 6.07) is 14.1. The Morgan fingerprint density at radius 3 is 2.76 bits per heavy atom. The fraction of sp³-hybridized carbons (Fsp3) is 0.286. The molecule has 1 aliphatic rings. The van der Waals surface area contributed by atoms with Crippen molar-refractivity contribution in [2.24, 2.45) is 5.92 Å². The smallest absolute Gasteiger partial charge is 0.404 e. The fourth-order valence-corrected chi connectivity index (χ4v) is 4.85. The highest BCUT2D eigenvalue weighted by Crippen LogP contribution is 2.37. The number of likely N-dealkylation sites (tertiary alicyclic amines) is 1. The van der Waals surface area contributed by atoms with Crippen molar-refractivity contribution < 1.29 is 19.0 Å². The molecule has 0 bridgehead atoms. The second kappa shape index (κ2) is 10.9. The standard InChI is InChI=1S/C28H27FN6O3/c1-34-11-2-3-19(16-34)17-38-27-33-25(20-6-4-18(14-30)5-7-20)24(26-31-10-12-35(26)27)21-8-9-22(23(29)13-21)15-32-28(36)37/h4-10,12-13,19,32H,2-3,11,15-17H2,1H3,(H,36,37)/t19-/m1/s1. The molecule has 0 aliphatic carbocycles. The monoisotopic (exact) mass is 514 g/mol. The van der Waals surface area contributed by atoms with E-state index in [1.54, 1.807) is 53.2 Å². The van der Waals surface area contributed by atoms with E-state index < -0.39 is 11.9 Å². The second-order valence-corrected chi connectivity index (χ2v) is 9.47. The lowest BCUT2D eigenvalue weighted by atomic mass is 9.98. The summed E-state index contributed by atoms with van der Waals surface area (Å²) in [6.45, 7) is 2.40. The minimum Gasteiger partial charge on any atom is -0.465 e. The Morgan fingerprint density at radius 2 is 2.05 bits per heavy atom. The number of amides is 1. The van der Waals surface area contributed by atoms with E-state index in [0.29, 0.717) is 46.6 Å². The molecule has 1 saturated heterocycles. The number of aromatic nitrogens is 3. The third-order valence-electron chi connectivity index (χ3n) is 6.74. The molecule has 2 N–H and O–H groups in total. The Labute approximate surface area is 219 Å². The van der Waals surface area contributed by atoms with Crippen molar-refractivity contribution in [1.82, 2.24) is 24.6 Å². The van der Waals surface area contributed by atoms with Gasteiger partial charge in [0, 0.05) is 42.5 Å². The zero-order chi connectivity index (χ0) is 26.6. The minimum absolute atomic E-state index is 0.149. The Kier molecular flexibility index (Phi) is 7.20. The van der Waals surface area contributed by atoms with E-state index in [0.717, 1.165) is 31.5 Å². The number of fused-ring (bicyclic) bond motifs is 1. The molecule has 1 aliphatic heterocycles. The number of rotatable bonds is 7. The van der Waals surface area contributed by atoms with Gasteiger partial charge in [-0.3, -0.25) is 4.40 Å². The van der Waals surface area contributed by atoms with Gasteiger partial charge in [0.15, 0.2) is 5.65 Å². The lowest BCUT2D eigenvalue weighted by Crippen LogP contribution is -2.35. The van der Waals surface area contributed by atoms with Crippen LogP contribution in [-0.2, 0) is 6.54 Å². The first-order valence-electron chi connectivity index (χ1n) is 12.4. The van der Waals surface area contributed by atoms with Crippen LogP contribution in [0, 0.1) is 23.1 Å². The van der Waals surface area contributed by atoms with E-state index in [1.807, 2.05) is 0 Å². The summed E-state index contributed by atoms with van der Waals surface area (Å²) in [5.41, 5.74) is 3.68. The van der Waals surface area contributed by atoms with E-state index in [2.05, 4.69) is 28.3 Å².